The van der Waals surface area contributed by atoms with Gasteiger partial charge in [-0.2, -0.15) is 0 Å². The lowest BCUT2D eigenvalue weighted by atomic mass is 9.81. The summed E-state index contributed by atoms with van der Waals surface area (Å²) < 4.78 is 0. The third-order valence-corrected chi connectivity index (χ3v) is 2.05. The molecule has 0 aliphatic heterocycles. The van der Waals surface area contributed by atoms with Crippen molar-refractivity contribution in [3.8, 4) is 0 Å². The highest BCUT2D eigenvalue weighted by Crippen LogP contribution is 2.35. The lowest BCUT2D eigenvalue weighted by molar-refractivity contribution is 0.292. The molecule has 0 heterocycles. The van der Waals surface area contributed by atoms with Crippen LogP contribution in [0.5, 0.6) is 0 Å². The van der Waals surface area contributed by atoms with Crippen LogP contribution in [0.3, 0.4) is 0 Å². The van der Waals surface area contributed by atoms with E-state index in [4.69, 9.17) is 0 Å². The molecule has 0 fully saturated rings. The Morgan fingerprint density at radius 3 is 1.60 bits per heavy atom. The third-order valence-electron chi connectivity index (χ3n) is 1.88. The van der Waals surface area contributed by atoms with Gasteiger partial charge in [-0.15, -0.1) is 0 Å². The van der Waals surface area contributed by atoms with E-state index in [0.29, 0.717) is 10.6 Å². The average molecular weight is 159 g/mol. The van der Waals surface area contributed by atoms with E-state index in [0.717, 1.165) is 0 Å². The highest BCUT2D eigenvalue weighted by molar-refractivity contribution is 7.18. The van der Waals surface area contributed by atoms with E-state index in [2.05, 4.69) is 43.9 Å². The first-order valence-electron chi connectivity index (χ1n) is 4.02. The summed E-state index contributed by atoms with van der Waals surface area (Å²) in [5.74, 6) is 0. The molecule has 0 aromatic rings. The first-order chi connectivity index (χ1) is 4.27. The van der Waals surface area contributed by atoms with Crippen molar-refractivity contribution >= 4 is 9.24 Å². The molecule has 0 unspecified atom stereocenters. The second-order valence-electron chi connectivity index (χ2n) is 4.58. The average Bonchev–Trinajstić information content (AvgIpc) is 1.60. The molecule has 0 atom stereocenters. The van der Waals surface area contributed by atoms with Crippen molar-refractivity contribution in [2.45, 2.75) is 52.6 Å². The summed E-state index contributed by atoms with van der Waals surface area (Å²) in [5, 5.41) is 0.291. The molecule has 0 aromatic heterocycles. The summed E-state index contributed by atoms with van der Waals surface area (Å²) in [6.45, 7) is 11.3. The van der Waals surface area contributed by atoms with Crippen LogP contribution in [-0.2, 0) is 0 Å². The van der Waals surface area contributed by atoms with E-state index >= 15 is 0 Å². The summed E-state index contributed by atoms with van der Waals surface area (Å²) in [6, 6.07) is 0. The van der Waals surface area contributed by atoms with Crippen LogP contribution in [-0.4, -0.2) is 5.16 Å². The molecule has 1 radical (unpaired) electrons. The van der Waals surface area contributed by atoms with E-state index in [9.17, 15) is 0 Å². The van der Waals surface area contributed by atoms with Crippen LogP contribution in [0.25, 0.3) is 0 Å². The number of hydrogen-bond donors (Lipinski definition) is 0. The molecule has 0 amide bonds. The third kappa shape index (κ3) is 5.23. The first kappa shape index (κ1) is 10.4. The largest absolute Gasteiger partial charge is 0.0929 e. The molecule has 0 saturated carbocycles. The van der Waals surface area contributed by atoms with Crippen molar-refractivity contribution in [1.29, 1.82) is 0 Å². The Morgan fingerprint density at radius 2 is 1.50 bits per heavy atom. The molecule has 1 heteroatoms. The van der Waals surface area contributed by atoms with Gasteiger partial charge < -0.3 is 0 Å². The smallest absolute Gasteiger partial charge is 0.0137 e. The van der Waals surface area contributed by atoms with Crippen molar-refractivity contribution in [1.82, 2.24) is 0 Å². The van der Waals surface area contributed by atoms with E-state index in [1.54, 1.807) is 0 Å². The summed E-state index contributed by atoms with van der Waals surface area (Å²) in [7, 11) is 3.70. The zero-order valence-corrected chi connectivity index (χ0v) is 8.91. The molecule has 61 valence electrons. The van der Waals surface area contributed by atoms with Crippen molar-refractivity contribution in [3.05, 3.63) is 0 Å². The maximum Gasteiger partial charge on any atom is -0.0137 e. The van der Waals surface area contributed by atoms with Gasteiger partial charge in [0.25, 0.3) is 0 Å². The summed E-state index contributed by atoms with van der Waals surface area (Å²) >= 11 is 0. The number of hydrogen-bond acceptors (Lipinski definition) is 0. The SMILES string of the molecule is CCC(C)(C)CC(C)(C)[PH]. The van der Waals surface area contributed by atoms with Gasteiger partial charge in [-0.3, -0.25) is 0 Å². The van der Waals surface area contributed by atoms with Gasteiger partial charge in [0.1, 0.15) is 0 Å². The van der Waals surface area contributed by atoms with Gasteiger partial charge in [0.2, 0.25) is 0 Å². The highest BCUT2D eigenvalue weighted by Gasteiger charge is 2.23. The lowest BCUT2D eigenvalue weighted by Crippen LogP contribution is -2.22. The summed E-state index contributed by atoms with van der Waals surface area (Å²) in [6.07, 6.45) is 2.48. The van der Waals surface area contributed by atoms with Gasteiger partial charge in [-0.1, -0.05) is 50.3 Å². The molecule has 0 nitrogen and oxygen atoms in total. The fourth-order valence-electron chi connectivity index (χ4n) is 1.32. The molecule has 0 aromatic carbocycles. The van der Waals surface area contributed by atoms with Crippen LogP contribution >= 0.6 is 9.24 Å². The minimum Gasteiger partial charge on any atom is -0.0929 e. The second kappa shape index (κ2) is 3.22. The minimum absolute atomic E-state index is 0.291. The first-order valence-corrected chi connectivity index (χ1v) is 4.52. The van der Waals surface area contributed by atoms with Crippen molar-refractivity contribution < 1.29 is 0 Å². The van der Waals surface area contributed by atoms with Crippen LogP contribution in [0.2, 0.25) is 0 Å². The van der Waals surface area contributed by atoms with Gasteiger partial charge in [0.05, 0.1) is 0 Å². The van der Waals surface area contributed by atoms with E-state index in [1.165, 1.54) is 12.8 Å². The minimum atomic E-state index is 0.291. The van der Waals surface area contributed by atoms with Crippen LogP contribution in [0, 0.1) is 5.41 Å². The lowest BCUT2D eigenvalue weighted by Gasteiger charge is -2.30. The molecule has 0 bridgehead atoms. The van der Waals surface area contributed by atoms with Gasteiger partial charge in [0, 0.05) is 0 Å². The van der Waals surface area contributed by atoms with Gasteiger partial charge >= 0.3 is 0 Å². The maximum absolute atomic E-state index is 3.70. The molecular formula is C9H20P. The van der Waals surface area contributed by atoms with Crippen LogP contribution < -0.4 is 0 Å². The molecule has 0 N–H and O–H groups in total. The Morgan fingerprint density at radius 1 is 1.10 bits per heavy atom. The van der Waals surface area contributed by atoms with Crippen LogP contribution in [0.4, 0.5) is 0 Å². The van der Waals surface area contributed by atoms with Gasteiger partial charge in [-0.25, -0.2) is 0 Å². The predicted molar refractivity (Wildman–Crippen MR) is 51.1 cm³/mol. The molecule has 0 saturated heterocycles. The molecule has 0 aliphatic carbocycles. The van der Waals surface area contributed by atoms with Gasteiger partial charge in [0.15, 0.2) is 0 Å². The quantitative estimate of drug-likeness (QED) is 0.550. The standard InChI is InChI=1S/C9H20P/c1-6-8(2,3)7-9(4,5)10/h10H,6-7H2,1-5H3. The van der Waals surface area contributed by atoms with Crippen LogP contribution in [0.15, 0.2) is 0 Å². The molecular weight excluding hydrogens is 139 g/mol. The second-order valence-corrected chi connectivity index (χ2v) is 5.93. The van der Waals surface area contributed by atoms with Crippen molar-refractivity contribution in [2.75, 3.05) is 0 Å². The predicted octanol–water partition coefficient (Wildman–Crippen LogP) is 3.73. The van der Waals surface area contributed by atoms with Crippen molar-refractivity contribution in [3.63, 3.8) is 0 Å². The van der Waals surface area contributed by atoms with Crippen LogP contribution in [0.1, 0.15) is 47.5 Å². The molecule has 0 spiro atoms. The van der Waals surface area contributed by atoms with E-state index < -0.39 is 0 Å². The fraction of sp³-hybridized carbons (Fsp3) is 1.00. The summed E-state index contributed by atoms with van der Waals surface area (Å²) in [4.78, 5) is 0. The molecule has 0 rings (SSSR count). The fourth-order valence-corrected chi connectivity index (χ4v) is 1.80. The van der Waals surface area contributed by atoms with Crippen molar-refractivity contribution in [2.24, 2.45) is 5.41 Å². The zero-order valence-electron chi connectivity index (χ0n) is 7.91. The Hall–Kier alpha value is 0.430. The topological polar surface area (TPSA) is 0 Å². The Bertz CT molecular complexity index is 97.8. The molecule has 0 aliphatic rings. The zero-order chi connectivity index (χ0) is 8.41. The van der Waals surface area contributed by atoms with E-state index in [-0.39, 0.29) is 0 Å². The van der Waals surface area contributed by atoms with Gasteiger partial charge in [-0.05, 0) is 17.0 Å². The number of rotatable bonds is 3. The highest BCUT2D eigenvalue weighted by atomic mass is 31.0. The Kier molecular flexibility index (Phi) is 3.36. The molecule has 10 heavy (non-hydrogen) atoms. The Balaban J connectivity index is 3.89. The monoisotopic (exact) mass is 159 g/mol. The maximum atomic E-state index is 3.70. The summed E-state index contributed by atoms with van der Waals surface area (Å²) in [5.41, 5.74) is 0.477. The Labute approximate surface area is 68.0 Å². The normalized spacial score (nSPS) is 13.8. The van der Waals surface area contributed by atoms with E-state index in [1.807, 2.05) is 0 Å².